The van der Waals surface area contributed by atoms with Crippen LogP contribution in [0.3, 0.4) is 0 Å². The molecule has 0 aliphatic rings. The molecule has 1 amide bonds. The molecular formula is C23H25N3O3. The number of methoxy groups -OCH3 is 1. The lowest BCUT2D eigenvalue weighted by Gasteiger charge is -2.12. The number of pyridine rings is 1. The summed E-state index contributed by atoms with van der Waals surface area (Å²) in [5.41, 5.74) is 3.49. The zero-order valence-electron chi connectivity index (χ0n) is 16.6. The molecule has 0 saturated carbocycles. The molecule has 0 spiro atoms. The number of nitrogens with one attached hydrogen (secondary N) is 2. The Morgan fingerprint density at radius 3 is 2.55 bits per heavy atom. The Morgan fingerprint density at radius 2 is 1.79 bits per heavy atom. The van der Waals surface area contributed by atoms with Gasteiger partial charge >= 0.3 is 0 Å². The molecule has 2 aromatic carbocycles. The predicted molar refractivity (Wildman–Crippen MR) is 114 cm³/mol. The summed E-state index contributed by atoms with van der Waals surface area (Å²) in [4.78, 5) is 16.6. The first kappa shape index (κ1) is 20.2. The van der Waals surface area contributed by atoms with Crippen LogP contribution in [-0.4, -0.2) is 31.2 Å². The maximum Gasteiger partial charge on any atom is 0.253 e. The van der Waals surface area contributed by atoms with Crippen LogP contribution >= 0.6 is 0 Å². The molecule has 0 saturated heterocycles. The number of amides is 1. The minimum Gasteiger partial charge on any atom is -0.497 e. The van der Waals surface area contributed by atoms with Gasteiger partial charge in [-0.25, -0.2) is 0 Å². The van der Waals surface area contributed by atoms with Gasteiger partial charge in [-0.05, 0) is 48.4 Å². The van der Waals surface area contributed by atoms with Crippen molar-refractivity contribution in [3.63, 3.8) is 0 Å². The van der Waals surface area contributed by atoms with Crippen molar-refractivity contribution in [3.8, 4) is 11.5 Å². The second kappa shape index (κ2) is 10.1. The number of aryl methyl sites for hydroxylation is 1. The Balaban J connectivity index is 1.52. The molecule has 0 bridgehead atoms. The maximum absolute atomic E-state index is 12.4. The molecule has 2 N–H and O–H groups in total. The van der Waals surface area contributed by atoms with E-state index in [-0.39, 0.29) is 5.91 Å². The number of rotatable bonds is 9. The second-order valence-electron chi connectivity index (χ2n) is 6.38. The summed E-state index contributed by atoms with van der Waals surface area (Å²) in [6.45, 7) is 2.87. The summed E-state index contributed by atoms with van der Waals surface area (Å²) in [6.07, 6.45) is 4.18. The highest BCUT2D eigenvalue weighted by Crippen LogP contribution is 2.21. The van der Waals surface area contributed by atoms with Crippen molar-refractivity contribution in [2.45, 2.75) is 13.3 Å². The molecule has 0 unspecified atom stereocenters. The lowest BCUT2D eigenvalue weighted by atomic mass is 10.1. The summed E-state index contributed by atoms with van der Waals surface area (Å²) < 4.78 is 10.7. The minimum absolute atomic E-state index is 0.191. The number of carbonyl (C=O) groups is 1. The van der Waals surface area contributed by atoms with Crippen molar-refractivity contribution in [2.24, 2.45) is 0 Å². The van der Waals surface area contributed by atoms with E-state index in [0.29, 0.717) is 18.7 Å². The number of carbonyl (C=O) groups excluding carboxylic acids is 1. The van der Waals surface area contributed by atoms with Crippen molar-refractivity contribution in [1.29, 1.82) is 0 Å². The van der Waals surface area contributed by atoms with E-state index in [1.54, 1.807) is 25.6 Å². The Morgan fingerprint density at radius 1 is 1.03 bits per heavy atom. The van der Waals surface area contributed by atoms with Crippen LogP contribution in [0.15, 0.2) is 67.0 Å². The van der Waals surface area contributed by atoms with Gasteiger partial charge in [0.15, 0.2) is 0 Å². The summed E-state index contributed by atoms with van der Waals surface area (Å²) in [7, 11) is 1.62. The van der Waals surface area contributed by atoms with E-state index >= 15 is 0 Å². The van der Waals surface area contributed by atoms with Crippen LogP contribution in [0.25, 0.3) is 0 Å². The third-order valence-electron chi connectivity index (χ3n) is 4.39. The van der Waals surface area contributed by atoms with E-state index in [2.05, 4.69) is 28.6 Å². The standard InChI is InChI=1S/C23H25N3O3/c1-3-17-6-4-5-7-22(17)26-19-14-18(15-24-16-19)23(27)25-12-13-29-21-10-8-20(28-2)9-11-21/h4-11,14-16,26H,3,12-13H2,1-2H3,(H,25,27). The number of benzene rings is 2. The van der Waals surface area contributed by atoms with E-state index in [1.807, 2.05) is 42.5 Å². The SMILES string of the molecule is CCc1ccccc1Nc1cncc(C(=O)NCCOc2ccc(OC)cc2)c1. The molecule has 1 aromatic heterocycles. The van der Waals surface area contributed by atoms with E-state index in [0.717, 1.165) is 29.3 Å². The number of hydrogen-bond donors (Lipinski definition) is 2. The number of para-hydroxylation sites is 1. The summed E-state index contributed by atoms with van der Waals surface area (Å²) in [5, 5.41) is 6.19. The van der Waals surface area contributed by atoms with Gasteiger partial charge < -0.3 is 20.1 Å². The van der Waals surface area contributed by atoms with Gasteiger partial charge in [0.2, 0.25) is 0 Å². The molecule has 6 heteroatoms. The molecule has 150 valence electrons. The number of ether oxygens (including phenoxy) is 2. The van der Waals surface area contributed by atoms with E-state index in [4.69, 9.17) is 9.47 Å². The van der Waals surface area contributed by atoms with Crippen LogP contribution in [0.4, 0.5) is 11.4 Å². The van der Waals surface area contributed by atoms with Crippen LogP contribution in [0.1, 0.15) is 22.8 Å². The van der Waals surface area contributed by atoms with E-state index < -0.39 is 0 Å². The number of aromatic nitrogens is 1. The van der Waals surface area contributed by atoms with Gasteiger partial charge in [0.1, 0.15) is 18.1 Å². The van der Waals surface area contributed by atoms with Crippen LogP contribution in [0.2, 0.25) is 0 Å². The molecule has 0 fully saturated rings. The van der Waals surface area contributed by atoms with Gasteiger partial charge in [-0.2, -0.15) is 0 Å². The molecule has 0 aliphatic heterocycles. The monoisotopic (exact) mass is 391 g/mol. The van der Waals surface area contributed by atoms with Crippen LogP contribution in [-0.2, 0) is 6.42 Å². The molecule has 3 rings (SSSR count). The molecular weight excluding hydrogens is 366 g/mol. The summed E-state index contributed by atoms with van der Waals surface area (Å²) >= 11 is 0. The van der Waals surface area contributed by atoms with E-state index in [1.165, 1.54) is 5.56 Å². The van der Waals surface area contributed by atoms with Gasteiger partial charge in [0, 0.05) is 11.9 Å². The zero-order valence-corrected chi connectivity index (χ0v) is 16.6. The van der Waals surface area contributed by atoms with Crippen LogP contribution in [0, 0.1) is 0 Å². The molecule has 3 aromatic rings. The Kier molecular flexibility index (Phi) is 7.05. The quantitative estimate of drug-likeness (QED) is 0.535. The molecule has 1 heterocycles. The number of hydrogen-bond acceptors (Lipinski definition) is 5. The van der Waals surface area contributed by atoms with Gasteiger partial charge in [0.25, 0.3) is 5.91 Å². The van der Waals surface area contributed by atoms with Gasteiger partial charge in [0.05, 0.1) is 31.1 Å². The third-order valence-corrected chi connectivity index (χ3v) is 4.39. The first-order valence-electron chi connectivity index (χ1n) is 9.54. The molecule has 6 nitrogen and oxygen atoms in total. The highest BCUT2D eigenvalue weighted by molar-refractivity contribution is 5.94. The highest BCUT2D eigenvalue weighted by Gasteiger charge is 2.08. The van der Waals surface area contributed by atoms with Crippen molar-refractivity contribution in [3.05, 3.63) is 78.1 Å². The van der Waals surface area contributed by atoms with Gasteiger partial charge in [-0.15, -0.1) is 0 Å². The van der Waals surface area contributed by atoms with Gasteiger partial charge in [-0.1, -0.05) is 25.1 Å². The van der Waals surface area contributed by atoms with Crippen LogP contribution in [0.5, 0.6) is 11.5 Å². The fourth-order valence-corrected chi connectivity index (χ4v) is 2.85. The third kappa shape index (κ3) is 5.72. The lowest BCUT2D eigenvalue weighted by Crippen LogP contribution is -2.28. The molecule has 0 atom stereocenters. The first-order chi connectivity index (χ1) is 14.2. The fraction of sp³-hybridized carbons (Fsp3) is 0.217. The van der Waals surface area contributed by atoms with Crippen molar-refractivity contribution in [1.82, 2.24) is 10.3 Å². The first-order valence-corrected chi connectivity index (χ1v) is 9.54. The highest BCUT2D eigenvalue weighted by atomic mass is 16.5. The fourth-order valence-electron chi connectivity index (χ4n) is 2.85. The minimum atomic E-state index is -0.191. The summed E-state index contributed by atoms with van der Waals surface area (Å²) in [6, 6.07) is 17.2. The van der Waals surface area contributed by atoms with Crippen molar-refractivity contribution in [2.75, 3.05) is 25.6 Å². The van der Waals surface area contributed by atoms with Gasteiger partial charge in [-0.3, -0.25) is 9.78 Å². The number of anilines is 2. The lowest BCUT2D eigenvalue weighted by molar-refractivity contribution is 0.0946. The maximum atomic E-state index is 12.4. The van der Waals surface area contributed by atoms with Crippen molar-refractivity contribution >= 4 is 17.3 Å². The number of nitrogens with zero attached hydrogens (tertiary/aromatic N) is 1. The largest absolute Gasteiger partial charge is 0.497 e. The molecule has 29 heavy (non-hydrogen) atoms. The van der Waals surface area contributed by atoms with Crippen LogP contribution < -0.4 is 20.1 Å². The average Bonchev–Trinajstić information content (AvgIpc) is 2.77. The van der Waals surface area contributed by atoms with Crippen molar-refractivity contribution < 1.29 is 14.3 Å². The second-order valence-corrected chi connectivity index (χ2v) is 6.38. The Hall–Kier alpha value is -3.54. The smallest absolute Gasteiger partial charge is 0.253 e. The normalized spacial score (nSPS) is 10.3. The zero-order chi connectivity index (χ0) is 20.5. The molecule has 0 radical (unpaired) electrons. The summed E-state index contributed by atoms with van der Waals surface area (Å²) in [5.74, 6) is 1.30. The van der Waals surface area contributed by atoms with E-state index in [9.17, 15) is 4.79 Å². The predicted octanol–water partition coefficient (Wildman–Crippen LogP) is 4.21. The Bertz CT molecular complexity index is 942. The molecule has 0 aliphatic carbocycles. The topological polar surface area (TPSA) is 72.5 Å². The average molecular weight is 391 g/mol. The Labute approximate surface area is 170 Å².